The van der Waals surface area contributed by atoms with Crippen LogP contribution in [0, 0.1) is 18.3 Å². The van der Waals surface area contributed by atoms with Gasteiger partial charge in [-0.1, -0.05) is 75.9 Å². The zero-order valence-corrected chi connectivity index (χ0v) is 20.4. The van der Waals surface area contributed by atoms with Gasteiger partial charge >= 0.3 is 0 Å². The zero-order chi connectivity index (χ0) is 22.2. The molecule has 0 unspecified atom stereocenters. The summed E-state index contributed by atoms with van der Waals surface area (Å²) >= 11 is 2.12. The normalized spacial score (nSPS) is 14.1. The van der Waals surface area contributed by atoms with Crippen LogP contribution in [0.5, 0.6) is 0 Å². The molecule has 0 aromatic heterocycles. The number of fused-ring (bicyclic) bond motifs is 1. The number of rotatable bonds is 7. The standard InChI is InChI=1S/C20H33NS.C6H6.C2H2/c1-5-7-12-20(13-8-6-2)14-11-17-15-18(21(3)4)9-10-19(17)22-16-20;1-2-4-6-5-3-1;1-2/h9-10,15H,5-8,11-14,16H2,1-4H3;1-6H;1-2H. The quantitative estimate of drug-likeness (QED) is 0.414. The van der Waals surface area contributed by atoms with Gasteiger partial charge in [0, 0.05) is 30.4 Å². The third-order valence-corrected chi connectivity index (χ3v) is 7.27. The Morgan fingerprint density at radius 1 is 0.900 bits per heavy atom. The Morgan fingerprint density at radius 3 is 1.90 bits per heavy atom. The molecule has 0 N–H and O–H groups in total. The summed E-state index contributed by atoms with van der Waals surface area (Å²) in [7, 11) is 4.27. The van der Waals surface area contributed by atoms with Crippen LogP contribution in [0.15, 0.2) is 59.5 Å². The predicted octanol–water partition coefficient (Wildman–Crippen LogP) is 8.09. The summed E-state index contributed by atoms with van der Waals surface area (Å²) in [5, 5.41) is 0. The van der Waals surface area contributed by atoms with E-state index in [9.17, 15) is 0 Å². The smallest absolute Gasteiger partial charge is 0.0364 e. The summed E-state index contributed by atoms with van der Waals surface area (Å²) in [5.41, 5.74) is 3.49. The Hall–Kier alpha value is -1.85. The predicted molar refractivity (Wildman–Crippen MR) is 138 cm³/mol. The van der Waals surface area contributed by atoms with E-state index < -0.39 is 0 Å². The number of hydrogen-bond donors (Lipinski definition) is 0. The lowest BCUT2D eigenvalue weighted by atomic mass is 9.75. The fourth-order valence-electron chi connectivity index (χ4n) is 3.89. The SMILES string of the molecule is C#C.CCCCC1(CCCC)CCc2cc(N(C)C)ccc2SC1.c1ccccc1. The molecular weight excluding hydrogens is 382 g/mol. The fourth-order valence-corrected chi connectivity index (χ4v) is 5.30. The summed E-state index contributed by atoms with van der Waals surface area (Å²) in [6.07, 6.45) is 18.9. The van der Waals surface area contributed by atoms with E-state index in [4.69, 9.17) is 0 Å². The Bertz CT molecular complexity index is 670. The van der Waals surface area contributed by atoms with E-state index in [2.05, 4.69) is 75.7 Å². The molecule has 3 rings (SSSR count). The van der Waals surface area contributed by atoms with Crippen molar-refractivity contribution in [1.29, 1.82) is 0 Å². The van der Waals surface area contributed by atoms with Crippen molar-refractivity contribution in [1.82, 2.24) is 0 Å². The summed E-state index contributed by atoms with van der Waals surface area (Å²) < 4.78 is 0. The van der Waals surface area contributed by atoms with Gasteiger partial charge in [0.15, 0.2) is 0 Å². The van der Waals surface area contributed by atoms with E-state index in [0.717, 1.165) is 0 Å². The minimum absolute atomic E-state index is 0.577. The molecule has 0 saturated heterocycles. The van der Waals surface area contributed by atoms with Crippen molar-refractivity contribution in [2.45, 2.75) is 70.1 Å². The molecule has 0 aliphatic carbocycles. The molecule has 1 aliphatic heterocycles. The molecule has 2 aromatic rings. The number of thioether (sulfide) groups is 1. The van der Waals surface area contributed by atoms with Crippen molar-refractivity contribution in [2.75, 3.05) is 24.7 Å². The highest BCUT2D eigenvalue weighted by atomic mass is 32.2. The first-order valence-electron chi connectivity index (χ1n) is 11.4. The topological polar surface area (TPSA) is 3.24 Å². The summed E-state index contributed by atoms with van der Waals surface area (Å²) in [4.78, 5) is 3.75. The Morgan fingerprint density at radius 2 is 1.43 bits per heavy atom. The van der Waals surface area contributed by atoms with Crippen LogP contribution in [0.25, 0.3) is 0 Å². The van der Waals surface area contributed by atoms with Crippen LogP contribution in [0.4, 0.5) is 5.69 Å². The first kappa shape index (κ1) is 26.2. The van der Waals surface area contributed by atoms with Crippen LogP contribution in [-0.2, 0) is 6.42 Å². The van der Waals surface area contributed by atoms with E-state index in [0.29, 0.717) is 5.41 Å². The van der Waals surface area contributed by atoms with Gasteiger partial charge in [-0.15, -0.1) is 24.6 Å². The molecule has 0 amide bonds. The monoisotopic (exact) mass is 423 g/mol. The molecule has 164 valence electrons. The number of benzene rings is 2. The minimum atomic E-state index is 0.577. The highest BCUT2D eigenvalue weighted by Crippen LogP contribution is 2.45. The van der Waals surface area contributed by atoms with Crippen LogP contribution in [0.2, 0.25) is 0 Å². The third-order valence-electron chi connectivity index (χ3n) is 5.81. The molecule has 0 radical (unpaired) electrons. The second-order valence-corrected chi connectivity index (χ2v) is 9.35. The van der Waals surface area contributed by atoms with Crippen molar-refractivity contribution in [3.05, 3.63) is 60.2 Å². The molecular formula is C28H41NS. The van der Waals surface area contributed by atoms with Crippen molar-refractivity contribution in [3.8, 4) is 12.8 Å². The third kappa shape index (κ3) is 8.88. The van der Waals surface area contributed by atoms with Crippen LogP contribution < -0.4 is 4.90 Å². The number of nitrogens with zero attached hydrogens (tertiary/aromatic N) is 1. The zero-order valence-electron chi connectivity index (χ0n) is 19.6. The van der Waals surface area contributed by atoms with Gasteiger partial charge in [-0.05, 0) is 54.9 Å². The second kappa shape index (κ2) is 15.0. The number of unbranched alkanes of at least 4 members (excludes halogenated alkanes) is 2. The number of hydrogen-bond acceptors (Lipinski definition) is 2. The maximum atomic E-state index is 4.00. The molecule has 0 saturated carbocycles. The number of terminal acetylenes is 1. The van der Waals surface area contributed by atoms with Gasteiger partial charge in [-0.3, -0.25) is 0 Å². The van der Waals surface area contributed by atoms with Gasteiger partial charge < -0.3 is 4.90 Å². The average molecular weight is 424 g/mol. The average Bonchev–Trinajstić information content (AvgIpc) is 2.99. The highest BCUT2D eigenvalue weighted by Gasteiger charge is 2.31. The maximum Gasteiger partial charge on any atom is 0.0364 e. The van der Waals surface area contributed by atoms with E-state index in [1.165, 1.54) is 67.7 Å². The summed E-state index contributed by atoms with van der Waals surface area (Å²) in [6, 6.07) is 19.0. The van der Waals surface area contributed by atoms with Gasteiger partial charge in [-0.2, -0.15) is 0 Å². The lowest BCUT2D eigenvalue weighted by Crippen LogP contribution is -2.24. The summed E-state index contributed by atoms with van der Waals surface area (Å²) in [5.74, 6) is 1.32. The van der Waals surface area contributed by atoms with Gasteiger partial charge in [0.1, 0.15) is 0 Å². The first-order chi connectivity index (χ1) is 14.6. The Kier molecular flexibility index (Phi) is 13.1. The molecule has 0 atom stereocenters. The highest BCUT2D eigenvalue weighted by molar-refractivity contribution is 7.99. The van der Waals surface area contributed by atoms with Crippen molar-refractivity contribution in [2.24, 2.45) is 5.41 Å². The Labute approximate surface area is 190 Å². The molecule has 0 spiro atoms. The van der Waals surface area contributed by atoms with Crippen molar-refractivity contribution < 1.29 is 0 Å². The molecule has 1 aliphatic rings. The lowest BCUT2D eigenvalue weighted by Gasteiger charge is -2.32. The van der Waals surface area contributed by atoms with E-state index in [-0.39, 0.29) is 0 Å². The molecule has 2 heteroatoms. The van der Waals surface area contributed by atoms with Crippen LogP contribution >= 0.6 is 11.8 Å². The van der Waals surface area contributed by atoms with Crippen LogP contribution in [0.1, 0.15) is 64.4 Å². The number of anilines is 1. The molecule has 0 fully saturated rings. The fraction of sp³-hybridized carbons (Fsp3) is 0.500. The molecule has 1 nitrogen and oxygen atoms in total. The maximum absolute atomic E-state index is 4.00. The molecule has 2 aromatic carbocycles. The van der Waals surface area contributed by atoms with Crippen LogP contribution in [-0.4, -0.2) is 19.8 Å². The minimum Gasteiger partial charge on any atom is -0.378 e. The van der Waals surface area contributed by atoms with E-state index in [1.54, 1.807) is 5.56 Å². The van der Waals surface area contributed by atoms with Gasteiger partial charge in [0.2, 0.25) is 0 Å². The number of aryl methyl sites for hydroxylation is 1. The second-order valence-electron chi connectivity index (χ2n) is 8.34. The van der Waals surface area contributed by atoms with Crippen LogP contribution in [0.3, 0.4) is 0 Å². The van der Waals surface area contributed by atoms with Crippen molar-refractivity contribution in [3.63, 3.8) is 0 Å². The molecule has 30 heavy (non-hydrogen) atoms. The van der Waals surface area contributed by atoms with Gasteiger partial charge in [-0.25, -0.2) is 0 Å². The van der Waals surface area contributed by atoms with E-state index in [1.807, 2.05) is 36.4 Å². The lowest BCUT2D eigenvalue weighted by molar-refractivity contribution is 0.244. The van der Waals surface area contributed by atoms with E-state index >= 15 is 0 Å². The molecule has 1 heterocycles. The Balaban J connectivity index is 0.000000474. The largest absolute Gasteiger partial charge is 0.378 e. The van der Waals surface area contributed by atoms with Gasteiger partial charge in [0.05, 0.1) is 0 Å². The first-order valence-corrected chi connectivity index (χ1v) is 12.3. The van der Waals surface area contributed by atoms with Gasteiger partial charge in [0.25, 0.3) is 0 Å². The molecule has 0 bridgehead atoms. The summed E-state index contributed by atoms with van der Waals surface area (Å²) in [6.45, 7) is 4.66. The van der Waals surface area contributed by atoms with Crippen molar-refractivity contribution >= 4 is 17.4 Å².